The van der Waals surface area contributed by atoms with Crippen LogP contribution in [0.4, 0.5) is 0 Å². The molecule has 0 amide bonds. The first kappa shape index (κ1) is 8.50. The Morgan fingerprint density at radius 3 is 3.14 bits per heavy atom. The maximum Gasteiger partial charge on any atom is 0.328 e. The quantitative estimate of drug-likeness (QED) is 0.733. The second-order valence-corrected chi connectivity index (χ2v) is 2.75. The molecule has 0 atom stereocenters. The Balaban J connectivity index is 2.39. The molecule has 0 saturated heterocycles. The monoisotopic (exact) mass is 189 g/mol. The molecule has 4 heteroatoms. The van der Waals surface area contributed by atoms with Crippen molar-refractivity contribution in [1.82, 2.24) is 4.98 Å². The Labute approximate surface area is 79.5 Å². The standard InChI is InChI=1S/C10H7NO3/c12-10(13)4-2-7-1-3-9-8(5-7)11-6-14-9/h1-6H,(H,12,13). The first-order valence-corrected chi connectivity index (χ1v) is 4.00. The number of oxazole rings is 1. The summed E-state index contributed by atoms with van der Waals surface area (Å²) in [5, 5.41) is 8.43. The maximum absolute atomic E-state index is 10.3. The van der Waals surface area contributed by atoms with Crippen LogP contribution in [0.3, 0.4) is 0 Å². The Morgan fingerprint density at radius 1 is 1.50 bits per heavy atom. The lowest BCUT2D eigenvalue weighted by Gasteiger charge is -1.90. The molecule has 2 rings (SSSR count). The minimum absolute atomic E-state index is 0.692. The third-order valence-electron chi connectivity index (χ3n) is 1.77. The fraction of sp³-hybridized carbons (Fsp3) is 0. The van der Waals surface area contributed by atoms with Gasteiger partial charge in [-0.25, -0.2) is 9.78 Å². The Bertz CT molecular complexity index is 499. The van der Waals surface area contributed by atoms with Crippen LogP contribution < -0.4 is 0 Å². The van der Waals surface area contributed by atoms with Crippen LogP contribution in [0.1, 0.15) is 5.56 Å². The zero-order valence-corrected chi connectivity index (χ0v) is 7.18. The van der Waals surface area contributed by atoms with Crippen molar-refractivity contribution in [2.75, 3.05) is 0 Å². The maximum atomic E-state index is 10.3. The molecule has 0 aliphatic rings. The van der Waals surface area contributed by atoms with E-state index in [1.165, 1.54) is 12.5 Å². The second-order valence-electron chi connectivity index (χ2n) is 2.75. The van der Waals surface area contributed by atoms with Crippen molar-refractivity contribution >= 4 is 23.1 Å². The molecule has 0 spiro atoms. The van der Waals surface area contributed by atoms with Crippen LogP contribution in [-0.4, -0.2) is 16.1 Å². The summed E-state index contributed by atoms with van der Waals surface area (Å²) in [6, 6.07) is 5.29. The predicted octanol–water partition coefficient (Wildman–Crippen LogP) is 1.93. The van der Waals surface area contributed by atoms with Crippen LogP contribution in [-0.2, 0) is 4.79 Å². The summed E-state index contributed by atoms with van der Waals surface area (Å²) in [6.07, 6.45) is 3.95. The molecule has 4 nitrogen and oxygen atoms in total. The van der Waals surface area contributed by atoms with Gasteiger partial charge in [0.05, 0.1) is 0 Å². The van der Waals surface area contributed by atoms with Gasteiger partial charge in [0.2, 0.25) is 0 Å². The van der Waals surface area contributed by atoms with Gasteiger partial charge in [-0.1, -0.05) is 6.07 Å². The number of fused-ring (bicyclic) bond motifs is 1. The number of carboxylic acids is 1. The molecule has 14 heavy (non-hydrogen) atoms. The van der Waals surface area contributed by atoms with Crippen LogP contribution in [0, 0.1) is 0 Å². The number of hydrogen-bond acceptors (Lipinski definition) is 3. The normalized spacial score (nSPS) is 11.1. The van der Waals surface area contributed by atoms with Gasteiger partial charge >= 0.3 is 5.97 Å². The number of rotatable bonds is 2. The molecule has 0 fully saturated rings. The average molecular weight is 189 g/mol. The molecule has 0 saturated carbocycles. The number of carboxylic acid groups (broad SMARTS) is 1. The summed E-state index contributed by atoms with van der Waals surface area (Å²) in [7, 11) is 0. The van der Waals surface area contributed by atoms with Gasteiger partial charge in [0.1, 0.15) is 5.52 Å². The van der Waals surface area contributed by atoms with Crippen LogP contribution >= 0.6 is 0 Å². The molecule has 0 aliphatic heterocycles. The zero-order valence-electron chi connectivity index (χ0n) is 7.18. The number of carbonyl (C=O) groups is 1. The number of aliphatic carboxylic acids is 1. The second kappa shape index (κ2) is 3.33. The molecule has 0 unspecified atom stereocenters. The molecular formula is C10H7NO3. The number of hydrogen-bond donors (Lipinski definition) is 1. The third kappa shape index (κ3) is 1.64. The topological polar surface area (TPSA) is 63.3 Å². The lowest BCUT2D eigenvalue weighted by atomic mass is 10.2. The van der Waals surface area contributed by atoms with Crippen molar-refractivity contribution in [3.8, 4) is 0 Å². The fourth-order valence-corrected chi connectivity index (χ4v) is 1.15. The van der Waals surface area contributed by atoms with E-state index in [1.54, 1.807) is 18.2 Å². The van der Waals surface area contributed by atoms with E-state index in [4.69, 9.17) is 9.52 Å². The van der Waals surface area contributed by atoms with Crippen LogP contribution in [0.15, 0.2) is 35.1 Å². The van der Waals surface area contributed by atoms with E-state index >= 15 is 0 Å². The number of benzene rings is 1. The lowest BCUT2D eigenvalue weighted by molar-refractivity contribution is -0.131. The van der Waals surface area contributed by atoms with Gasteiger partial charge in [-0.05, 0) is 23.8 Å². The van der Waals surface area contributed by atoms with Crippen LogP contribution in [0.25, 0.3) is 17.2 Å². The van der Waals surface area contributed by atoms with E-state index in [9.17, 15) is 4.79 Å². The van der Waals surface area contributed by atoms with Gasteiger partial charge in [-0.2, -0.15) is 0 Å². The molecule has 1 aromatic carbocycles. The average Bonchev–Trinajstić information content (AvgIpc) is 2.61. The highest BCUT2D eigenvalue weighted by atomic mass is 16.4. The number of aromatic nitrogens is 1. The van der Waals surface area contributed by atoms with E-state index in [1.807, 2.05) is 0 Å². The van der Waals surface area contributed by atoms with Crippen molar-refractivity contribution in [3.05, 3.63) is 36.2 Å². The summed E-state index contributed by atoms with van der Waals surface area (Å²) in [5.41, 5.74) is 2.20. The summed E-state index contributed by atoms with van der Waals surface area (Å²) in [6.45, 7) is 0. The highest BCUT2D eigenvalue weighted by Gasteiger charge is 1.97. The molecule has 2 aromatic rings. The Hall–Kier alpha value is -2.10. The van der Waals surface area contributed by atoms with Crippen molar-refractivity contribution in [2.24, 2.45) is 0 Å². The molecule has 0 aliphatic carbocycles. The van der Waals surface area contributed by atoms with Gasteiger partial charge < -0.3 is 9.52 Å². The molecule has 1 heterocycles. The lowest BCUT2D eigenvalue weighted by Crippen LogP contribution is -1.85. The van der Waals surface area contributed by atoms with E-state index in [0.717, 1.165) is 17.2 Å². The fourth-order valence-electron chi connectivity index (χ4n) is 1.15. The molecule has 1 N–H and O–H groups in total. The highest BCUT2D eigenvalue weighted by Crippen LogP contribution is 2.14. The first-order chi connectivity index (χ1) is 6.75. The Morgan fingerprint density at radius 2 is 2.36 bits per heavy atom. The summed E-state index contributed by atoms with van der Waals surface area (Å²) in [4.78, 5) is 14.2. The number of nitrogens with zero attached hydrogens (tertiary/aromatic N) is 1. The highest BCUT2D eigenvalue weighted by molar-refractivity contribution is 5.86. The van der Waals surface area contributed by atoms with E-state index < -0.39 is 5.97 Å². The van der Waals surface area contributed by atoms with Crippen molar-refractivity contribution < 1.29 is 14.3 Å². The van der Waals surface area contributed by atoms with E-state index in [0.29, 0.717) is 5.58 Å². The molecule has 70 valence electrons. The first-order valence-electron chi connectivity index (χ1n) is 4.00. The van der Waals surface area contributed by atoms with Crippen LogP contribution in [0.2, 0.25) is 0 Å². The van der Waals surface area contributed by atoms with Gasteiger partial charge in [-0.3, -0.25) is 0 Å². The van der Waals surface area contributed by atoms with Crippen molar-refractivity contribution in [1.29, 1.82) is 0 Å². The minimum Gasteiger partial charge on any atom is -0.478 e. The minimum atomic E-state index is -0.967. The predicted molar refractivity (Wildman–Crippen MR) is 50.7 cm³/mol. The van der Waals surface area contributed by atoms with Gasteiger partial charge in [0.25, 0.3) is 0 Å². The SMILES string of the molecule is O=C(O)C=Cc1ccc2ocnc2c1. The Kier molecular flexibility index (Phi) is 2.02. The zero-order chi connectivity index (χ0) is 9.97. The van der Waals surface area contributed by atoms with Gasteiger partial charge in [-0.15, -0.1) is 0 Å². The largest absolute Gasteiger partial charge is 0.478 e. The summed E-state index contributed by atoms with van der Waals surface area (Å²) < 4.78 is 5.05. The molecular weight excluding hydrogens is 182 g/mol. The van der Waals surface area contributed by atoms with E-state index in [-0.39, 0.29) is 0 Å². The van der Waals surface area contributed by atoms with Gasteiger partial charge in [0.15, 0.2) is 12.0 Å². The summed E-state index contributed by atoms with van der Waals surface area (Å²) in [5.74, 6) is -0.967. The molecule has 1 aromatic heterocycles. The third-order valence-corrected chi connectivity index (χ3v) is 1.77. The smallest absolute Gasteiger partial charge is 0.328 e. The summed E-state index contributed by atoms with van der Waals surface area (Å²) >= 11 is 0. The van der Waals surface area contributed by atoms with E-state index in [2.05, 4.69) is 4.98 Å². The van der Waals surface area contributed by atoms with Crippen molar-refractivity contribution in [2.45, 2.75) is 0 Å². The molecule has 0 bridgehead atoms. The molecule has 0 radical (unpaired) electrons. The van der Waals surface area contributed by atoms with Crippen LogP contribution in [0.5, 0.6) is 0 Å². The van der Waals surface area contributed by atoms with Gasteiger partial charge in [0, 0.05) is 6.08 Å². The van der Waals surface area contributed by atoms with Crippen molar-refractivity contribution in [3.63, 3.8) is 0 Å².